The van der Waals surface area contributed by atoms with Crippen molar-refractivity contribution in [3.8, 4) is 0 Å². The number of carbonyl (C=O) groups is 1. The Morgan fingerprint density at radius 3 is 2.79 bits per heavy atom. The van der Waals surface area contributed by atoms with Gasteiger partial charge in [0.15, 0.2) is 5.78 Å². The van der Waals surface area contributed by atoms with Gasteiger partial charge in [-0.1, -0.05) is 17.3 Å². The lowest BCUT2D eigenvalue weighted by atomic mass is 10.2. The van der Waals surface area contributed by atoms with E-state index in [0.29, 0.717) is 11.3 Å². The molecule has 0 atom stereocenters. The molecule has 1 aromatic carbocycles. The lowest BCUT2D eigenvalue weighted by Gasteiger charge is -2.06. The van der Waals surface area contributed by atoms with Gasteiger partial charge in [-0.25, -0.2) is 13.1 Å². The Morgan fingerprint density at radius 1 is 1.37 bits per heavy atom. The van der Waals surface area contributed by atoms with Gasteiger partial charge in [-0.3, -0.25) is 4.79 Å². The predicted octanol–water partition coefficient (Wildman–Crippen LogP) is 1.36. The molecule has 0 saturated heterocycles. The van der Waals surface area contributed by atoms with Crippen LogP contribution in [0.1, 0.15) is 23.0 Å². The molecule has 2 rings (SSSR count). The van der Waals surface area contributed by atoms with Gasteiger partial charge in [0, 0.05) is 11.6 Å². The molecule has 0 amide bonds. The van der Waals surface area contributed by atoms with E-state index >= 15 is 0 Å². The van der Waals surface area contributed by atoms with E-state index in [1.165, 1.54) is 31.4 Å². The number of nitrogens with zero attached hydrogens (tertiary/aromatic N) is 1. The molecule has 0 saturated carbocycles. The third-order valence-electron chi connectivity index (χ3n) is 2.49. The monoisotopic (exact) mass is 280 g/mol. The third-order valence-corrected chi connectivity index (χ3v) is 3.88. The van der Waals surface area contributed by atoms with Crippen LogP contribution >= 0.6 is 0 Å². The van der Waals surface area contributed by atoms with Gasteiger partial charge in [0.2, 0.25) is 10.0 Å². The van der Waals surface area contributed by atoms with Gasteiger partial charge in [0.1, 0.15) is 6.26 Å². The van der Waals surface area contributed by atoms with Crippen molar-refractivity contribution in [1.29, 1.82) is 0 Å². The summed E-state index contributed by atoms with van der Waals surface area (Å²) in [5.74, 6) is -0.187. The van der Waals surface area contributed by atoms with Crippen molar-refractivity contribution in [2.45, 2.75) is 18.4 Å². The highest BCUT2D eigenvalue weighted by atomic mass is 32.2. The molecule has 1 heterocycles. The Morgan fingerprint density at radius 2 is 2.16 bits per heavy atom. The predicted molar refractivity (Wildman–Crippen MR) is 67.0 cm³/mol. The normalized spacial score (nSPS) is 11.4. The zero-order valence-electron chi connectivity index (χ0n) is 10.2. The van der Waals surface area contributed by atoms with E-state index < -0.39 is 10.0 Å². The molecule has 0 fully saturated rings. The number of hydrogen-bond acceptors (Lipinski definition) is 5. The highest BCUT2D eigenvalue weighted by Gasteiger charge is 2.15. The van der Waals surface area contributed by atoms with E-state index in [4.69, 9.17) is 0 Å². The van der Waals surface area contributed by atoms with Crippen LogP contribution in [0.5, 0.6) is 0 Å². The second-order valence-corrected chi connectivity index (χ2v) is 5.67. The summed E-state index contributed by atoms with van der Waals surface area (Å²) in [4.78, 5) is 11.3. The number of rotatable bonds is 5. The van der Waals surface area contributed by atoms with Crippen LogP contribution in [0.2, 0.25) is 0 Å². The Labute approximate surface area is 110 Å². The SMILES string of the molecule is CC(=O)c1cccc(S(=O)(=O)NCc2ccon2)c1. The molecule has 0 spiro atoms. The largest absolute Gasteiger partial charge is 0.364 e. The fraction of sp³-hybridized carbons (Fsp3) is 0.167. The van der Waals surface area contributed by atoms with Gasteiger partial charge in [-0.05, 0) is 19.1 Å². The van der Waals surface area contributed by atoms with Gasteiger partial charge in [0.25, 0.3) is 0 Å². The molecule has 100 valence electrons. The zero-order valence-corrected chi connectivity index (χ0v) is 11.0. The topological polar surface area (TPSA) is 89.3 Å². The average Bonchev–Trinajstić information content (AvgIpc) is 2.90. The van der Waals surface area contributed by atoms with Crippen LogP contribution in [0.25, 0.3) is 0 Å². The maximum Gasteiger partial charge on any atom is 0.240 e. The summed E-state index contributed by atoms with van der Waals surface area (Å²) >= 11 is 0. The summed E-state index contributed by atoms with van der Waals surface area (Å²) in [7, 11) is -3.68. The maximum atomic E-state index is 12.0. The van der Waals surface area contributed by atoms with Crippen molar-refractivity contribution in [3.63, 3.8) is 0 Å². The molecule has 0 aliphatic rings. The number of ketones is 1. The molecule has 0 aliphatic carbocycles. The minimum absolute atomic E-state index is 0.0309. The minimum Gasteiger partial charge on any atom is -0.364 e. The van der Waals surface area contributed by atoms with Crippen LogP contribution in [-0.2, 0) is 16.6 Å². The molecule has 1 aromatic heterocycles. The Kier molecular flexibility index (Phi) is 3.77. The first kappa shape index (κ1) is 13.4. The van der Waals surface area contributed by atoms with Crippen molar-refractivity contribution >= 4 is 15.8 Å². The van der Waals surface area contributed by atoms with E-state index in [1.54, 1.807) is 12.1 Å². The summed E-state index contributed by atoms with van der Waals surface area (Å²) in [6, 6.07) is 7.43. The summed E-state index contributed by atoms with van der Waals surface area (Å²) in [5.41, 5.74) is 0.829. The van der Waals surface area contributed by atoms with E-state index in [2.05, 4.69) is 14.4 Å². The lowest BCUT2D eigenvalue weighted by molar-refractivity contribution is 0.101. The fourth-order valence-corrected chi connectivity index (χ4v) is 2.51. The van der Waals surface area contributed by atoms with Crippen LogP contribution in [0.15, 0.2) is 46.0 Å². The smallest absolute Gasteiger partial charge is 0.240 e. The number of nitrogens with one attached hydrogen (secondary N) is 1. The second-order valence-electron chi connectivity index (χ2n) is 3.90. The lowest BCUT2D eigenvalue weighted by Crippen LogP contribution is -2.23. The number of benzene rings is 1. The molecule has 19 heavy (non-hydrogen) atoms. The van der Waals surface area contributed by atoms with Crippen molar-refractivity contribution in [2.24, 2.45) is 0 Å². The first-order valence-electron chi connectivity index (χ1n) is 5.49. The molecule has 0 aliphatic heterocycles. The van der Waals surface area contributed by atoms with E-state index in [-0.39, 0.29) is 17.2 Å². The first-order chi connectivity index (χ1) is 8.99. The van der Waals surface area contributed by atoms with Gasteiger partial charge >= 0.3 is 0 Å². The molecule has 1 N–H and O–H groups in total. The average molecular weight is 280 g/mol. The van der Waals surface area contributed by atoms with Gasteiger partial charge < -0.3 is 4.52 Å². The highest BCUT2D eigenvalue weighted by molar-refractivity contribution is 7.89. The standard InChI is InChI=1S/C12H12N2O4S/c1-9(15)10-3-2-4-12(7-10)19(16,17)13-8-11-5-6-18-14-11/h2-7,13H,8H2,1H3. The number of sulfonamides is 1. The highest BCUT2D eigenvalue weighted by Crippen LogP contribution is 2.12. The summed E-state index contributed by atoms with van der Waals surface area (Å²) < 4.78 is 31.0. The molecule has 2 aromatic rings. The number of hydrogen-bond donors (Lipinski definition) is 1. The molecule has 0 bridgehead atoms. The fourth-order valence-electron chi connectivity index (χ4n) is 1.46. The Balaban J connectivity index is 2.19. The van der Waals surface area contributed by atoms with Gasteiger partial charge in [-0.2, -0.15) is 0 Å². The zero-order chi connectivity index (χ0) is 13.9. The second kappa shape index (κ2) is 5.33. The van der Waals surface area contributed by atoms with E-state index in [0.717, 1.165) is 0 Å². The van der Waals surface area contributed by atoms with Crippen LogP contribution in [0.4, 0.5) is 0 Å². The number of aromatic nitrogens is 1. The quantitative estimate of drug-likeness (QED) is 0.835. The molecule has 0 unspecified atom stereocenters. The van der Waals surface area contributed by atoms with Gasteiger partial charge in [0.05, 0.1) is 17.1 Å². The van der Waals surface area contributed by atoms with Crippen LogP contribution in [-0.4, -0.2) is 19.4 Å². The van der Waals surface area contributed by atoms with Crippen LogP contribution in [0.3, 0.4) is 0 Å². The van der Waals surface area contributed by atoms with Crippen molar-refractivity contribution < 1.29 is 17.7 Å². The summed E-state index contributed by atoms with van der Waals surface area (Å²) in [6.07, 6.45) is 1.36. The number of Topliss-reactive ketones (excluding diaryl/α,β-unsaturated/α-hetero) is 1. The van der Waals surface area contributed by atoms with Crippen LogP contribution < -0.4 is 4.72 Å². The van der Waals surface area contributed by atoms with E-state index in [9.17, 15) is 13.2 Å². The first-order valence-corrected chi connectivity index (χ1v) is 6.97. The third kappa shape index (κ3) is 3.27. The van der Waals surface area contributed by atoms with E-state index in [1.807, 2.05) is 0 Å². The summed E-state index contributed by atoms with van der Waals surface area (Å²) in [5, 5.41) is 3.60. The Hall–Kier alpha value is -1.99. The van der Waals surface area contributed by atoms with Crippen molar-refractivity contribution in [3.05, 3.63) is 47.9 Å². The Bertz CT molecular complexity index is 678. The molecule has 6 nitrogen and oxygen atoms in total. The summed E-state index contributed by atoms with van der Waals surface area (Å²) in [6.45, 7) is 1.41. The molecular weight excluding hydrogens is 268 g/mol. The van der Waals surface area contributed by atoms with Crippen LogP contribution in [0, 0.1) is 0 Å². The molecule has 0 radical (unpaired) electrons. The maximum absolute atomic E-state index is 12.0. The van der Waals surface area contributed by atoms with Crippen molar-refractivity contribution in [1.82, 2.24) is 9.88 Å². The van der Waals surface area contributed by atoms with Crippen molar-refractivity contribution in [2.75, 3.05) is 0 Å². The van der Waals surface area contributed by atoms with Gasteiger partial charge in [-0.15, -0.1) is 0 Å². The molecular formula is C12H12N2O4S. The minimum atomic E-state index is -3.68. The number of carbonyl (C=O) groups excluding carboxylic acids is 1. The molecule has 7 heteroatoms.